The quantitative estimate of drug-likeness (QED) is 0.813. The zero-order valence-corrected chi connectivity index (χ0v) is 10.7. The normalized spacial score (nSPS) is 20.1. The first-order valence-corrected chi connectivity index (χ1v) is 6.07. The number of nitrogen functional groups attached to an aromatic ring is 1. The molecule has 0 aliphatic carbocycles. The van der Waals surface area contributed by atoms with E-state index in [0.717, 1.165) is 0 Å². The predicted octanol–water partition coefficient (Wildman–Crippen LogP) is 1.48. The van der Waals surface area contributed by atoms with Gasteiger partial charge < -0.3 is 16.4 Å². The van der Waals surface area contributed by atoms with Crippen molar-refractivity contribution in [3.8, 4) is 0 Å². The molecule has 1 amide bonds. The van der Waals surface area contributed by atoms with Gasteiger partial charge >= 0.3 is 0 Å². The molecule has 0 saturated carbocycles. The summed E-state index contributed by atoms with van der Waals surface area (Å²) < 4.78 is 14.0. The maximum atomic E-state index is 13.5. The fourth-order valence-electron chi connectivity index (χ4n) is 1.97. The number of hydrogen-bond donors (Lipinski definition) is 2. The van der Waals surface area contributed by atoms with Crippen LogP contribution in [0.3, 0.4) is 0 Å². The van der Waals surface area contributed by atoms with Crippen LogP contribution in [0.2, 0.25) is 0 Å². The van der Waals surface area contributed by atoms with E-state index in [9.17, 15) is 9.18 Å². The van der Waals surface area contributed by atoms with Crippen molar-refractivity contribution in [2.75, 3.05) is 23.7 Å². The lowest BCUT2D eigenvalue weighted by molar-refractivity contribution is -0.117. The van der Waals surface area contributed by atoms with Crippen molar-refractivity contribution in [3.05, 3.63) is 22.4 Å². The number of carbonyl (C=O) groups excluding carboxylic acids is 1. The molecule has 4 nitrogen and oxygen atoms in total. The van der Waals surface area contributed by atoms with Crippen LogP contribution in [0.5, 0.6) is 0 Å². The van der Waals surface area contributed by atoms with Crippen molar-refractivity contribution >= 4 is 33.2 Å². The van der Waals surface area contributed by atoms with Gasteiger partial charge in [0.25, 0.3) is 0 Å². The Balaban J connectivity index is 2.38. The Hall–Kier alpha value is -1.14. The van der Waals surface area contributed by atoms with Crippen LogP contribution in [0, 0.1) is 11.7 Å². The lowest BCUT2D eigenvalue weighted by atomic mass is 10.1. The van der Waals surface area contributed by atoms with Crippen LogP contribution in [-0.2, 0) is 4.79 Å². The third kappa shape index (κ3) is 2.28. The second-order valence-corrected chi connectivity index (χ2v) is 5.05. The highest BCUT2D eigenvalue weighted by Gasteiger charge is 2.31. The van der Waals surface area contributed by atoms with Gasteiger partial charge in [-0.15, -0.1) is 0 Å². The smallest absolute Gasteiger partial charge is 0.227 e. The number of hydrogen-bond acceptors (Lipinski definition) is 3. The molecule has 1 heterocycles. The van der Waals surface area contributed by atoms with E-state index in [-0.39, 0.29) is 17.5 Å². The number of carbonyl (C=O) groups is 1. The highest BCUT2D eigenvalue weighted by Crippen LogP contribution is 2.33. The molecule has 0 spiro atoms. The number of nitrogens with zero attached hydrogens (tertiary/aromatic N) is 1. The summed E-state index contributed by atoms with van der Waals surface area (Å²) in [4.78, 5) is 13.3. The summed E-state index contributed by atoms with van der Waals surface area (Å²) in [6.07, 6.45) is 0.393. The lowest BCUT2D eigenvalue weighted by Gasteiger charge is -2.19. The van der Waals surface area contributed by atoms with E-state index < -0.39 is 5.82 Å². The van der Waals surface area contributed by atoms with Gasteiger partial charge in [0, 0.05) is 17.4 Å². The van der Waals surface area contributed by atoms with E-state index in [1.807, 2.05) is 0 Å². The summed E-state index contributed by atoms with van der Waals surface area (Å²) in [6, 6.07) is 2.93. The molecule has 2 rings (SSSR count). The van der Waals surface area contributed by atoms with Crippen LogP contribution in [0.1, 0.15) is 6.42 Å². The molecule has 1 aromatic rings. The predicted molar refractivity (Wildman–Crippen MR) is 68.0 cm³/mol. The first kappa shape index (κ1) is 12.3. The molecule has 17 heavy (non-hydrogen) atoms. The summed E-state index contributed by atoms with van der Waals surface area (Å²) in [5.74, 6) is -0.480. The molecule has 0 bridgehead atoms. The zero-order chi connectivity index (χ0) is 12.6. The third-order valence-corrected chi connectivity index (χ3v) is 3.36. The van der Waals surface area contributed by atoms with Gasteiger partial charge in [0.2, 0.25) is 5.91 Å². The minimum atomic E-state index is -0.529. The van der Waals surface area contributed by atoms with E-state index in [1.165, 1.54) is 11.0 Å². The summed E-state index contributed by atoms with van der Waals surface area (Å²) in [5.41, 5.74) is 11.6. The first-order chi connectivity index (χ1) is 8.02. The molecule has 1 aliphatic rings. The van der Waals surface area contributed by atoms with E-state index in [2.05, 4.69) is 15.9 Å². The molecular weight excluding hydrogens is 289 g/mol. The van der Waals surface area contributed by atoms with Gasteiger partial charge in [-0.05, 0) is 24.6 Å². The Bertz CT molecular complexity index is 466. The summed E-state index contributed by atoms with van der Waals surface area (Å²) >= 11 is 3.19. The second kappa shape index (κ2) is 4.62. The van der Waals surface area contributed by atoms with Gasteiger partial charge in [0.1, 0.15) is 5.82 Å². The Morgan fingerprint density at radius 3 is 2.82 bits per heavy atom. The Morgan fingerprint density at radius 2 is 2.24 bits per heavy atom. The zero-order valence-electron chi connectivity index (χ0n) is 9.12. The van der Waals surface area contributed by atoms with Crippen molar-refractivity contribution in [3.63, 3.8) is 0 Å². The van der Waals surface area contributed by atoms with Crippen LogP contribution in [-0.4, -0.2) is 19.0 Å². The number of anilines is 2. The van der Waals surface area contributed by atoms with Crippen molar-refractivity contribution in [2.24, 2.45) is 11.7 Å². The van der Waals surface area contributed by atoms with Crippen molar-refractivity contribution < 1.29 is 9.18 Å². The van der Waals surface area contributed by atoms with Crippen LogP contribution < -0.4 is 16.4 Å². The number of nitrogens with two attached hydrogens (primary N) is 2. The van der Waals surface area contributed by atoms with Crippen LogP contribution >= 0.6 is 15.9 Å². The van der Waals surface area contributed by atoms with E-state index in [0.29, 0.717) is 29.7 Å². The maximum absolute atomic E-state index is 13.5. The fourth-order valence-corrected chi connectivity index (χ4v) is 2.38. The van der Waals surface area contributed by atoms with Gasteiger partial charge in [-0.2, -0.15) is 0 Å². The molecule has 0 aromatic heterocycles. The average molecular weight is 302 g/mol. The Morgan fingerprint density at radius 1 is 1.53 bits per heavy atom. The maximum Gasteiger partial charge on any atom is 0.227 e. The molecular formula is C11H13BrFN3O. The number of benzene rings is 1. The van der Waals surface area contributed by atoms with Crippen molar-refractivity contribution in [2.45, 2.75) is 6.42 Å². The van der Waals surface area contributed by atoms with Crippen LogP contribution in [0.25, 0.3) is 0 Å². The Labute approximate surface area is 107 Å². The molecule has 6 heteroatoms. The molecule has 1 unspecified atom stereocenters. The molecule has 1 aliphatic heterocycles. The van der Waals surface area contributed by atoms with Crippen molar-refractivity contribution in [1.29, 1.82) is 0 Å². The highest BCUT2D eigenvalue weighted by atomic mass is 79.9. The second-order valence-electron chi connectivity index (χ2n) is 4.13. The molecule has 1 saturated heterocycles. The van der Waals surface area contributed by atoms with E-state index in [4.69, 9.17) is 11.5 Å². The van der Waals surface area contributed by atoms with Crippen LogP contribution in [0.4, 0.5) is 15.8 Å². The largest absolute Gasteiger partial charge is 0.395 e. The van der Waals surface area contributed by atoms with Gasteiger partial charge in [-0.25, -0.2) is 4.39 Å². The summed E-state index contributed by atoms with van der Waals surface area (Å²) in [6.45, 7) is 0.939. The topological polar surface area (TPSA) is 72.4 Å². The Kier molecular flexibility index (Phi) is 3.35. The minimum absolute atomic E-state index is 0.000721. The summed E-state index contributed by atoms with van der Waals surface area (Å²) in [7, 11) is 0. The van der Waals surface area contributed by atoms with E-state index in [1.54, 1.807) is 6.07 Å². The molecule has 0 radical (unpaired) electrons. The van der Waals surface area contributed by atoms with Gasteiger partial charge in [-0.1, -0.05) is 15.9 Å². The fraction of sp³-hybridized carbons (Fsp3) is 0.364. The monoisotopic (exact) mass is 301 g/mol. The lowest BCUT2D eigenvalue weighted by Crippen LogP contribution is -2.26. The number of halogens is 2. The van der Waals surface area contributed by atoms with Crippen LogP contribution in [0.15, 0.2) is 16.6 Å². The van der Waals surface area contributed by atoms with Gasteiger partial charge in [0.15, 0.2) is 0 Å². The van der Waals surface area contributed by atoms with Gasteiger partial charge in [0.05, 0.1) is 11.4 Å². The number of rotatable bonds is 2. The molecule has 1 fully saturated rings. The molecule has 1 atom stereocenters. The third-order valence-electron chi connectivity index (χ3n) is 2.90. The molecule has 1 aromatic carbocycles. The molecule has 4 N–H and O–H groups in total. The van der Waals surface area contributed by atoms with Gasteiger partial charge in [-0.3, -0.25) is 4.79 Å². The van der Waals surface area contributed by atoms with Crippen molar-refractivity contribution in [1.82, 2.24) is 0 Å². The standard InChI is InChI=1S/C11H13BrFN3O/c12-7-2-8(13)11(15)9(3-7)16-5-6(4-14)1-10(16)17/h2-3,6H,1,4-5,14-15H2. The average Bonchev–Trinajstić information content (AvgIpc) is 2.65. The number of amides is 1. The van der Waals surface area contributed by atoms with E-state index >= 15 is 0 Å². The SMILES string of the molecule is NCC1CC(=O)N(c2cc(Br)cc(F)c2N)C1. The molecule has 92 valence electrons. The summed E-state index contributed by atoms with van der Waals surface area (Å²) in [5, 5.41) is 0. The highest BCUT2D eigenvalue weighted by molar-refractivity contribution is 9.10. The first-order valence-electron chi connectivity index (χ1n) is 5.28. The minimum Gasteiger partial charge on any atom is -0.395 e.